The zero-order chi connectivity index (χ0) is 7.90. The first-order valence-electron chi connectivity index (χ1n) is 4.26. The van der Waals surface area contributed by atoms with Crippen LogP contribution in [0.4, 0.5) is 0 Å². The fourth-order valence-electron chi connectivity index (χ4n) is 2.19. The van der Waals surface area contributed by atoms with Crippen molar-refractivity contribution in [3.8, 4) is 0 Å². The molecule has 1 amide bonds. The SMILES string of the molecule is NC12CCCC(C1)C(=O)NC2. The Morgan fingerprint density at radius 2 is 2.45 bits per heavy atom. The van der Waals surface area contributed by atoms with E-state index in [0.717, 1.165) is 25.7 Å². The maximum absolute atomic E-state index is 11.2. The Hall–Kier alpha value is -0.570. The molecule has 1 heterocycles. The molecular weight excluding hydrogens is 140 g/mol. The van der Waals surface area contributed by atoms with Gasteiger partial charge < -0.3 is 11.1 Å². The summed E-state index contributed by atoms with van der Waals surface area (Å²) in [4.78, 5) is 11.2. The van der Waals surface area contributed by atoms with Crippen molar-refractivity contribution >= 4 is 5.91 Å². The summed E-state index contributed by atoms with van der Waals surface area (Å²) in [5.41, 5.74) is 5.97. The third-order valence-corrected chi connectivity index (χ3v) is 2.87. The van der Waals surface area contributed by atoms with E-state index in [1.54, 1.807) is 0 Å². The zero-order valence-corrected chi connectivity index (χ0v) is 6.60. The highest BCUT2D eigenvalue weighted by molar-refractivity contribution is 5.80. The molecule has 2 fully saturated rings. The Kier molecular flexibility index (Phi) is 1.42. The van der Waals surface area contributed by atoms with Crippen molar-refractivity contribution < 1.29 is 4.79 Å². The van der Waals surface area contributed by atoms with Crippen LogP contribution in [0.2, 0.25) is 0 Å². The molecule has 3 nitrogen and oxygen atoms in total. The number of hydrogen-bond acceptors (Lipinski definition) is 2. The van der Waals surface area contributed by atoms with E-state index in [1.165, 1.54) is 0 Å². The molecule has 2 aliphatic rings. The van der Waals surface area contributed by atoms with Gasteiger partial charge in [-0.25, -0.2) is 0 Å². The molecule has 2 unspecified atom stereocenters. The largest absolute Gasteiger partial charge is 0.354 e. The number of amides is 1. The second kappa shape index (κ2) is 2.21. The van der Waals surface area contributed by atoms with Crippen LogP contribution < -0.4 is 11.1 Å². The predicted octanol–water partition coefficient (Wildman–Crippen LogP) is 0.00390. The summed E-state index contributed by atoms with van der Waals surface area (Å²) in [6.07, 6.45) is 4.13. The van der Waals surface area contributed by atoms with E-state index in [4.69, 9.17) is 5.73 Å². The fraction of sp³-hybridized carbons (Fsp3) is 0.875. The highest BCUT2D eigenvalue weighted by Crippen LogP contribution is 2.33. The highest BCUT2D eigenvalue weighted by Gasteiger charge is 2.40. The number of nitrogens with two attached hydrogens (primary N) is 1. The summed E-state index contributed by atoms with van der Waals surface area (Å²) in [5.74, 6) is 0.424. The molecule has 1 aliphatic heterocycles. The number of carbonyl (C=O) groups excluding carboxylic acids is 1. The third-order valence-electron chi connectivity index (χ3n) is 2.87. The Labute approximate surface area is 66.3 Å². The van der Waals surface area contributed by atoms with Gasteiger partial charge in [-0.2, -0.15) is 0 Å². The average molecular weight is 154 g/mol. The lowest BCUT2D eigenvalue weighted by atomic mass is 9.73. The number of hydrogen-bond donors (Lipinski definition) is 2. The van der Waals surface area contributed by atoms with Crippen LogP contribution in [-0.4, -0.2) is 18.0 Å². The molecule has 1 saturated heterocycles. The van der Waals surface area contributed by atoms with E-state index in [1.807, 2.05) is 0 Å². The first-order chi connectivity index (χ1) is 5.20. The smallest absolute Gasteiger partial charge is 0.223 e. The standard InChI is InChI=1S/C8H14N2O/c9-8-3-1-2-6(4-8)7(11)10-5-8/h6H,1-5,9H2,(H,10,11). The lowest BCUT2D eigenvalue weighted by Gasteiger charge is -2.41. The molecule has 0 spiro atoms. The molecule has 0 aromatic carbocycles. The minimum absolute atomic E-state index is 0.0726. The second-order valence-corrected chi connectivity index (χ2v) is 3.87. The highest BCUT2D eigenvalue weighted by atomic mass is 16.2. The lowest BCUT2D eigenvalue weighted by molar-refractivity contribution is -0.129. The van der Waals surface area contributed by atoms with Gasteiger partial charge in [-0.05, 0) is 19.3 Å². The fourth-order valence-corrected chi connectivity index (χ4v) is 2.19. The summed E-state index contributed by atoms with van der Waals surface area (Å²) in [5, 5.41) is 2.86. The van der Waals surface area contributed by atoms with Crippen LogP contribution in [0, 0.1) is 5.92 Å². The van der Waals surface area contributed by atoms with E-state index >= 15 is 0 Å². The first-order valence-corrected chi connectivity index (χ1v) is 4.26. The molecule has 2 atom stereocenters. The van der Waals surface area contributed by atoms with Crippen molar-refractivity contribution in [1.82, 2.24) is 5.32 Å². The van der Waals surface area contributed by atoms with Crippen molar-refractivity contribution in [3.05, 3.63) is 0 Å². The Morgan fingerprint density at radius 3 is 3.18 bits per heavy atom. The van der Waals surface area contributed by atoms with Crippen LogP contribution >= 0.6 is 0 Å². The number of carbonyl (C=O) groups is 1. The number of nitrogens with one attached hydrogen (secondary N) is 1. The van der Waals surface area contributed by atoms with Gasteiger partial charge in [0.1, 0.15) is 0 Å². The number of piperidine rings is 1. The maximum Gasteiger partial charge on any atom is 0.223 e. The Balaban J connectivity index is 2.15. The van der Waals surface area contributed by atoms with Gasteiger partial charge in [0.25, 0.3) is 0 Å². The monoisotopic (exact) mass is 154 g/mol. The Bertz CT molecular complexity index is 193. The topological polar surface area (TPSA) is 55.1 Å². The number of fused-ring (bicyclic) bond motifs is 2. The molecule has 62 valence electrons. The normalized spacial score (nSPS) is 43.4. The molecule has 2 bridgehead atoms. The van der Waals surface area contributed by atoms with Crippen molar-refractivity contribution in [2.45, 2.75) is 31.2 Å². The van der Waals surface area contributed by atoms with Crippen LogP contribution in [0.5, 0.6) is 0 Å². The van der Waals surface area contributed by atoms with Crippen LogP contribution in [0.1, 0.15) is 25.7 Å². The minimum Gasteiger partial charge on any atom is -0.354 e. The van der Waals surface area contributed by atoms with E-state index in [0.29, 0.717) is 6.54 Å². The molecule has 1 saturated carbocycles. The molecule has 3 heteroatoms. The van der Waals surface area contributed by atoms with E-state index in [2.05, 4.69) is 5.32 Å². The number of rotatable bonds is 0. The van der Waals surface area contributed by atoms with Crippen molar-refractivity contribution in [2.24, 2.45) is 11.7 Å². The van der Waals surface area contributed by atoms with Gasteiger partial charge in [0.05, 0.1) is 0 Å². The van der Waals surface area contributed by atoms with Gasteiger partial charge in [0.15, 0.2) is 0 Å². The third kappa shape index (κ3) is 1.13. The van der Waals surface area contributed by atoms with Gasteiger partial charge in [-0.3, -0.25) is 4.79 Å². The molecule has 0 radical (unpaired) electrons. The van der Waals surface area contributed by atoms with Gasteiger partial charge in [-0.15, -0.1) is 0 Å². The van der Waals surface area contributed by atoms with Crippen LogP contribution in [0.3, 0.4) is 0 Å². The van der Waals surface area contributed by atoms with E-state index < -0.39 is 0 Å². The second-order valence-electron chi connectivity index (χ2n) is 3.87. The van der Waals surface area contributed by atoms with Crippen molar-refractivity contribution in [3.63, 3.8) is 0 Å². The summed E-state index contributed by atoms with van der Waals surface area (Å²) < 4.78 is 0. The maximum atomic E-state index is 11.2. The molecule has 3 N–H and O–H groups in total. The average Bonchev–Trinajstić information content (AvgIpc) is 1.99. The summed E-state index contributed by atoms with van der Waals surface area (Å²) in [6.45, 7) is 0.683. The van der Waals surface area contributed by atoms with Crippen LogP contribution in [0.15, 0.2) is 0 Å². The van der Waals surface area contributed by atoms with Gasteiger partial charge in [0, 0.05) is 18.0 Å². The molecule has 2 rings (SSSR count). The molecule has 0 aromatic rings. The molecule has 11 heavy (non-hydrogen) atoms. The van der Waals surface area contributed by atoms with Crippen LogP contribution in [0.25, 0.3) is 0 Å². The van der Waals surface area contributed by atoms with E-state index in [9.17, 15) is 4.79 Å². The summed E-state index contributed by atoms with van der Waals surface area (Å²) >= 11 is 0. The van der Waals surface area contributed by atoms with Crippen LogP contribution in [-0.2, 0) is 4.79 Å². The molecule has 0 aromatic heterocycles. The quantitative estimate of drug-likeness (QED) is 0.516. The molecular formula is C8H14N2O. The summed E-state index contributed by atoms with van der Waals surface area (Å²) in [6, 6.07) is 0. The molecule has 1 aliphatic carbocycles. The lowest BCUT2D eigenvalue weighted by Crippen LogP contribution is -2.59. The van der Waals surface area contributed by atoms with Gasteiger partial charge in [0.2, 0.25) is 5.91 Å². The van der Waals surface area contributed by atoms with E-state index in [-0.39, 0.29) is 17.4 Å². The predicted molar refractivity (Wildman–Crippen MR) is 41.9 cm³/mol. The first kappa shape index (κ1) is 7.10. The van der Waals surface area contributed by atoms with Crippen molar-refractivity contribution in [2.75, 3.05) is 6.54 Å². The minimum atomic E-state index is -0.0726. The van der Waals surface area contributed by atoms with Gasteiger partial charge >= 0.3 is 0 Å². The zero-order valence-electron chi connectivity index (χ0n) is 6.60. The Morgan fingerprint density at radius 1 is 1.64 bits per heavy atom. The summed E-state index contributed by atoms with van der Waals surface area (Å²) in [7, 11) is 0. The van der Waals surface area contributed by atoms with Crippen molar-refractivity contribution in [1.29, 1.82) is 0 Å². The van der Waals surface area contributed by atoms with Gasteiger partial charge in [-0.1, -0.05) is 6.42 Å².